The Morgan fingerprint density at radius 1 is 1.35 bits per heavy atom. The molecule has 0 atom stereocenters. The summed E-state index contributed by atoms with van der Waals surface area (Å²) in [4.78, 5) is 0. The van der Waals surface area contributed by atoms with Gasteiger partial charge in [0, 0.05) is 32.4 Å². The molecule has 2 aromatic rings. The van der Waals surface area contributed by atoms with Crippen molar-refractivity contribution < 1.29 is 0 Å². The topological polar surface area (TPSA) is 35.6 Å². The molecule has 0 unspecified atom stereocenters. The molecule has 4 nitrogen and oxygen atoms in total. The molecule has 0 N–H and O–H groups in total. The van der Waals surface area contributed by atoms with E-state index in [2.05, 4.69) is 22.5 Å². The molecule has 4 heteroatoms. The van der Waals surface area contributed by atoms with Gasteiger partial charge in [-0.3, -0.25) is 9.36 Å². The summed E-state index contributed by atoms with van der Waals surface area (Å²) in [7, 11) is 3.99. The standard InChI is InChI=1S/C13H18N4/c1-16-9-11(8-14-16)5-12-7-13(17(2)15-12)6-10-3-4-10/h7-10H,3-6H2,1-2H3. The Morgan fingerprint density at radius 2 is 2.18 bits per heavy atom. The molecule has 0 aliphatic heterocycles. The lowest BCUT2D eigenvalue weighted by molar-refractivity contribution is 0.670. The average Bonchev–Trinajstić information content (AvgIpc) is 2.90. The Morgan fingerprint density at radius 3 is 2.82 bits per heavy atom. The van der Waals surface area contributed by atoms with E-state index in [1.54, 1.807) is 0 Å². The zero-order valence-electron chi connectivity index (χ0n) is 10.4. The van der Waals surface area contributed by atoms with E-state index in [-0.39, 0.29) is 0 Å². The van der Waals surface area contributed by atoms with Crippen LogP contribution in [0.4, 0.5) is 0 Å². The molecular formula is C13H18N4. The van der Waals surface area contributed by atoms with E-state index in [9.17, 15) is 0 Å². The Hall–Kier alpha value is -1.58. The number of hydrogen-bond donors (Lipinski definition) is 0. The van der Waals surface area contributed by atoms with Crippen molar-refractivity contribution in [3.63, 3.8) is 0 Å². The molecule has 2 heterocycles. The van der Waals surface area contributed by atoms with E-state index in [0.29, 0.717) is 0 Å². The van der Waals surface area contributed by atoms with E-state index in [4.69, 9.17) is 0 Å². The second kappa shape index (κ2) is 4.02. The minimum Gasteiger partial charge on any atom is -0.276 e. The second-order valence-corrected chi connectivity index (χ2v) is 5.10. The van der Waals surface area contributed by atoms with Crippen LogP contribution in [0.15, 0.2) is 18.5 Å². The van der Waals surface area contributed by atoms with Gasteiger partial charge in [0.15, 0.2) is 0 Å². The van der Waals surface area contributed by atoms with Gasteiger partial charge in [-0.1, -0.05) is 0 Å². The molecule has 1 saturated carbocycles. The van der Waals surface area contributed by atoms with Crippen LogP contribution >= 0.6 is 0 Å². The van der Waals surface area contributed by atoms with Gasteiger partial charge in [-0.05, 0) is 36.8 Å². The summed E-state index contributed by atoms with van der Waals surface area (Å²) < 4.78 is 3.87. The normalized spacial score (nSPS) is 15.4. The monoisotopic (exact) mass is 230 g/mol. The van der Waals surface area contributed by atoms with Crippen molar-refractivity contribution >= 4 is 0 Å². The molecule has 3 rings (SSSR count). The van der Waals surface area contributed by atoms with Crippen LogP contribution in [0.3, 0.4) is 0 Å². The van der Waals surface area contributed by atoms with E-state index in [1.807, 2.05) is 29.7 Å². The van der Waals surface area contributed by atoms with E-state index >= 15 is 0 Å². The van der Waals surface area contributed by atoms with Gasteiger partial charge >= 0.3 is 0 Å². The Bertz CT molecular complexity index is 519. The summed E-state index contributed by atoms with van der Waals surface area (Å²) >= 11 is 0. The van der Waals surface area contributed by atoms with Gasteiger partial charge in [0.1, 0.15) is 0 Å². The van der Waals surface area contributed by atoms with Gasteiger partial charge in [-0.25, -0.2) is 0 Å². The molecule has 90 valence electrons. The molecular weight excluding hydrogens is 212 g/mol. The van der Waals surface area contributed by atoms with Crippen molar-refractivity contribution in [3.8, 4) is 0 Å². The third kappa shape index (κ3) is 2.40. The highest BCUT2D eigenvalue weighted by molar-refractivity contribution is 5.19. The first-order valence-corrected chi connectivity index (χ1v) is 6.20. The van der Waals surface area contributed by atoms with Crippen LogP contribution < -0.4 is 0 Å². The van der Waals surface area contributed by atoms with Crippen molar-refractivity contribution in [2.24, 2.45) is 20.0 Å². The number of aromatic nitrogens is 4. The number of aryl methyl sites for hydroxylation is 2. The maximum absolute atomic E-state index is 4.58. The molecule has 1 aliphatic rings. The van der Waals surface area contributed by atoms with Crippen LogP contribution in [0.1, 0.15) is 29.8 Å². The summed E-state index contributed by atoms with van der Waals surface area (Å²) in [6.45, 7) is 0. The highest BCUT2D eigenvalue weighted by Gasteiger charge is 2.23. The van der Waals surface area contributed by atoms with Crippen molar-refractivity contribution in [2.75, 3.05) is 0 Å². The summed E-state index contributed by atoms with van der Waals surface area (Å²) in [5, 5.41) is 8.76. The molecule has 17 heavy (non-hydrogen) atoms. The minimum absolute atomic E-state index is 0.881. The van der Waals surface area contributed by atoms with E-state index in [1.165, 1.54) is 30.5 Å². The van der Waals surface area contributed by atoms with Crippen LogP contribution in [-0.2, 0) is 26.9 Å². The van der Waals surface area contributed by atoms with Gasteiger partial charge in [0.2, 0.25) is 0 Å². The molecule has 0 spiro atoms. The molecule has 1 aliphatic carbocycles. The van der Waals surface area contributed by atoms with Crippen LogP contribution in [-0.4, -0.2) is 19.6 Å². The fourth-order valence-electron chi connectivity index (χ4n) is 2.24. The molecule has 0 saturated heterocycles. The maximum atomic E-state index is 4.58. The van der Waals surface area contributed by atoms with E-state index < -0.39 is 0 Å². The third-order valence-corrected chi connectivity index (χ3v) is 3.37. The molecule has 0 radical (unpaired) electrons. The van der Waals surface area contributed by atoms with Crippen LogP contribution in [0.2, 0.25) is 0 Å². The number of rotatable bonds is 4. The minimum atomic E-state index is 0.881. The maximum Gasteiger partial charge on any atom is 0.0672 e. The molecule has 0 amide bonds. The predicted molar refractivity (Wildman–Crippen MR) is 65.7 cm³/mol. The Kier molecular flexibility index (Phi) is 2.50. The predicted octanol–water partition coefficient (Wildman–Crippen LogP) is 1.70. The summed E-state index contributed by atoms with van der Waals surface area (Å²) in [6.07, 6.45) is 8.82. The first kappa shape index (κ1) is 10.6. The Balaban J connectivity index is 1.74. The molecule has 0 aromatic carbocycles. The molecule has 2 aromatic heterocycles. The van der Waals surface area contributed by atoms with Crippen LogP contribution in [0.5, 0.6) is 0 Å². The van der Waals surface area contributed by atoms with Gasteiger partial charge in [0.25, 0.3) is 0 Å². The zero-order valence-corrected chi connectivity index (χ0v) is 10.4. The highest BCUT2D eigenvalue weighted by Crippen LogP contribution is 2.32. The van der Waals surface area contributed by atoms with Gasteiger partial charge < -0.3 is 0 Å². The lowest BCUT2D eigenvalue weighted by Crippen LogP contribution is -1.99. The lowest BCUT2D eigenvalue weighted by Gasteiger charge is -1.97. The lowest BCUT2D eigenvalue weighted by atomic mass is 10.1. The van der Waals surface area contributed by atoms with Gasteiger partial charge in [-0.15, -0.1) is 0 Å². The summed E-state index contributed by atoms with van der Waals surface area (Å²) in [5.41, 5.74) is 3.74. The van der Waals surface area contributed by atoms with Crippen molar-refractivity contribution in [1.82, 2.24) is 19.6 Å². The third-order valence-electron chi connectivity index (χ3n) is 3.37. The average molecular weight is 230 g/mol. The van der Waals surface area contributed by atoms with Crippen LogP contribution in [0, 0.1) is 5.92 Å². The highest BCUT2D eigenvalue weighted by atomic mass is 15.3. The summed E-state index contributed by atoms with van der Waals surface area (Å²) in [5.74, 6) is 0.914. The first-order valence-electron chi connectivity index (χ1n) is 6.20. The van der Waals surface area contributed by atoms with Crippen molar-refractivity contribution in [3.05, 3.63) is 35.4 Å². The quantitative estimate of drug-likeness (QED) is 0.801. The Labute approximate surface area is 101 Å². The first-order chi connectivity index (χ1) is 8.20. The van der Waals surface area contributed by atoms with Crippen LogP contribution in [0.25, 0.3) is 0 Å². The molecule has 0 bridgehead atoms. The summed E-state index contributed by atoms with van der Waals surface area (Å²) in [6, 6.07) is 2.24. The smallest absolute Gasteiger partial charge is 0.0672 e. The second-order valence-electron chi connectivity index (χ2n) is 5.10. The SMILES string of the molecule is Cn1cc(Cc2cc(CC3CC3)n(C)n2)cn1. The number of nitrogens with zero attached hydrogens (tertiary/aromatic N) is 4. The fourth-order valence-corrected chi connectivity index (χ4v) is 2.24. The molecule has 1 fully saturated rings. The van der Waals surface area contributed by atoms with Crippen molar-refractivity contribution in [2.45, 2.75) is 25.7 Å². The van der Waals surface area contributed by atoms with Gasteiger partial charge in [-0.2, -0.15) is 10.2 Å². The largest absolute Gasteiger partial charge is 0.276 e. The fraction of sp³-hybridized carbons (Fsp3) is 0.538. The number of hydrogen-bond acceptors (Lipinski definition) is 2. The van der Waals surface area contributed by atoms with E-state index in [0.717, 1.165) is 18.0 Å². The van der Waals surface area contributed by atoms with Gasteiger partial charge in [0.05, 0.1) is 11.9 Å². The van der Waals surface area contributed by atoms with Crippen molar-refractivity contribution in [1.29, 1.82) is 0 Å². The zero-order chi connectivity index (χ0) is 11.8.